The quantitative estimate of drug-likeness (QED) is 0.111. The van der Waals surface area contributed by atoms with E-state index in [2.05, 4.69) is 389 Å². The van der Waals surface area contributed by atoms with Crippen LogP contribution >= 0.6 is 0 Å². The predicted octanol–water partition coefficient (Wildman–Crippen LogP) is 25.3. The van der Waals surface area contributed by atoms with Gasteiger partial charge in [-0.25, -0.2) is 0 Å². The van der Waals surface area contributed by atoms with Gasteiger partial charge >= 0.3 is 0 Å². The van der Waals surface area contributed by atoms with Gasteiger partial charge in [0, 0.05) is 61.5 Å². The highest BCUT2D eigenvalue weighted by Gasteiger charge is 2.47. The molecule has 15 aromatic carbocycles. The number of rotatable bonds is 8. The SMILES string of the molecule is CC(C)(C)c1cc(-c2ccccc2)c(N2c3ccc(-c4cc5ccc6cc(C(C)(C)C)cc7ccc(c4)c5c67)cc3B3c4ccc(-n5c6ccccc6c6ccccc65)cc4N(c4c(-c5ccccc5)cc(C(C)(C)C)cc4-c4ccccc4)c4cc(C(C)(C)C)cc2c43)c(-c2ccccc2)c1. The lowest BCUT2D eigenvalue weighted by Gasteiger charge is -2.47. The zero-order chi connectivity index (χ0) is 69.9. The van der Waals surface area contributed by atoms with Crippen molar-refractivity contribution < 1.29 is 0 Å². The van der Waals surface area contributed by atoms with Gasteiger partial charge in [0.2, 0.25) is 0 Å². The van der Waals surface area contributed by atoms with Crippen LogP contribution in [-0.2, 0) is 21.7 Å². The van der Waals surface area contributed by atoms with Crippen LogP contribution < -0.4 is 26.2 Å². The summed E-state index contributed by atoms with van der Waals surface area (Å²) in [6.45, 7) is 28.1. The molecule has 0 saturated carbocycles. The van der Waals surface area contributed by atoms with Crippen LogP contribution in [0.4, 0.5) is 34.1 Å². The first-order valence-electron chi connectivity index (χ1n) is 36.5. The van der Waals surface area contributed by atoms with Gasteiger partial charge < -0.3 is 14.4 Å². The van der Waals surface area contributed by atoms with Crippen molar-refractivity contribution in [2.45, 2.75) is 105 Å². The molecule has 0 atom stereocenters. The van der Waals surface area contributed by atoms with Gasteiger partial charge in [0.25, 0.3) is 6.71 Å². The molecular weight excluding hydrogens is 1230 g/mol. The number of aromatic nitrogens is 1. The predicted molar refractivity (Wildman–Crippen MR) is 440 cm³/mol. The fourth-order valence-electron chi connectivity index (χ4n) is 16.8. The van der Waals surface area contributed by atoms with Gasteiger partial charge in [-0.05, 0) is 205 Å². The molecule has 0 N–H and O–H groups in total. The van der Waals surface area contributed by atoms with Crippen LogP contribution in [0.5, 0.6) is 0 Å². The number of benzene rings is 15. The fraction of sp³-hybridized carbons (Fsp3) is 0.163. The minimum atomic E-state index is -0.305. The van der Waals surface area contributed by atoms with Gasteiger partial charge in [0.05, 0.1) is 22.4 Å². The largest absolute Gasteiger partial charge is 0.310 e. The molecular formula is C98H84BN3. The fourth-order valence-corrected chi connectivity index (χ4v) is 16.8. The normalized spacial score (nSPS) is 13.2. The maximum absolute atomic E-state index is 2.74. The Bertz CT molecular complexity index is 5790. The number of fused-ring (bicyclic) bond motifs is 7. The molecule has 0 aliphatic carbocycles. The molecule has 0 radical (unpaired) electrons. The zero-order valence-electron chi connectivity index (χ0n) is 60.6. The topological polar surface area (TPSA) is 11.4 Å². The van der Waals surface area contributed by atoms with Crippen molar-refractivity contribution >= 4 is 111 Å². The van der Waals surface area contributed by atoms with Crippen LogP contribution in [0.1, 0.15) is 105 Å². The van der Waals surface area contributed by atoms with E-state index in [1.807, 2.05) is 0 Å². The zero-order valence-corrected chi connectivity index (χ0v) is 60.6. The summed E-state index contributed by atoms with van der Waals surface area (Å²) < 4.78 is 2.51. The Balaban J connectivity index is 1.01. The molecule has 0 saturated heterocycles. The number of hydrogen-bond donors (Lipinski definition) is 0. The average Bonchev–Trinajstić information content (AvgIpc) is 0.758. The molecule has 3 nitrogen and oxygen atoms in total. The molecule has 0 amide bonds. The summed E-state index contributed by atoms with van der Waals surface area (Å²) in [6.07, 6.45) is 0. The summed E-state index contributed by atoms with van der Waals surface area (Å²) in [5, 5.41) is 10.2. The Kier molecular flexibility index (Phi) is 14.3. The third-order valence-electron chi connectivity index (χ3n) is 22.2. The maximum Gasteiger partial charge on any atom is 0.252 e. The van der Waals surface area contributed by atoms with E-state index in [9.17, 15) is 0 Å². The second-order valence-electron chi connectivity index (χ2n) is 32.9. The monoisotopic (exact) mass is 1310 g/mol. The van der Waals surface area contributed by atoms with Gasteiger partial charge in [-0.2, -0.15) is 0 Å². The number of hydrogen-bond acceptors (Lipinski definition) is 2. The molecule has 102 heavy (non-hydrogen) atoms. The maximum atomic E-state index is 2.74. The lowest BCUT2D eigenvalue weighted by Crippen LogP contribution is -2.61. The Morgan fingerprint density at radius 2 is 0.618 bits per heavy atom. The van der Waals surface area contributed by atoms with Crippen LogP contribution in [0.15, 0.2) is 291 Å². The van der Waals surface area contributed by atoms with Crippen molar-refractivity contribution in [3.05, 3.63) is 313 Å². The van der Waals surface area contributed by atoms with Crippen molar-refractivity contribution in [2.75, 3.05) is 9.80 Å². The smallest absolute Gasteiger partial charge is 0.252 e. The van der Waals surface area contributed by atoms with Gasteiger partial charge in [-0.1, -0.05) is 295 Å². The summed E-state index contributed by atoms with van der Waals surface area (Å²) >= 11 is 0. The molecule has 2 aliphatic heterocycles. The van der Waals surface area contributed by atoms with Crippen LogP contribution in [0, 0.1) is 0 Å². The van der Waals surface area contributed by atoms with Crippen molar-refractivity contribution in [1.29, 1.82) is 0 Å². The van der Waals surface area contributed by atoms with Crippen molar-refractivity contribution in [2.24, 2.45) is 0 Å². The first-order chi connectivity index (χ1) is 49.1. The van der Waals surface area contributed by atoms with Crippen molar-refractivity contribution in [3.8, 4) is 61.3 Å². The summed E-state index contributed by atoms with van der Waals surface area (Å²) in [5.41, 5.74) is 30.5. The van der Waals surface area contributed by atoms with Crippen LogP contribution in [0.2, 0.25) is 0 Å². The van der Waals surface area contributed by atoms with Crippen LogP contribution in [0.25, 0.3) is 115 Å². The molecule has 0 spiro atoms. The second-order valence-corrected chi connectivity index (χ2v) is 32.9. The Labute approximate surface area is 601 Å². The summed E-state index contributed by atoms with van der Waals surface area (Å²) in [4.78, 5) is 5.46. The molecule has 0 unspecified atom stereocenters. The van der Waals surface area contributed by atoms with E-state index < -0.39 is 0 Å². The lowest BCUT2D eigenvalue weighted by atomic mass is 9.33. The highest BCUT2D eigenvalue weighted by Crippen LogP contribution is 2.56. The number of nitrogens with zero attached hydrogens (tertiary/aromatic N) is 3. The first kappa shape index (κ1) is 63.0. The number of para-hydroxylation sites is 2. The molecule has 1 aromatic heterocycles. The standard InChI is InChI=1S/C98H84BN3/c1-95(2,3)71-51-68-43-41-66-49-70(50-67-42-44-69(52-71)91(68)90(66)67)65-45-48-86-83(53-65)99-82-47-46-75(100-84-39-27-25-37-76(84)77-38-26-28-40-85(77)100)60-87(82)102(94-80(63-33-21-15-22-34-63)56-73(97(7,8)9)57-81(94)64-35-23-16-24-36-64)89-59-74(98(10,11)12)58-88(92(89)99)101(86)93-78(61-29-17-13-18-30-61)54-72(96(4,5)6)55-79(93)62-31-19-14-20-32-62/h13-60H,1-12H3. The lowest BCUT2D eigenvalue weighted by molar-refractivity contribution is 0.590. The molecule has 2 aliphatic rings. The summed E-state index contributed by atoms with van der Waals surface area (Å²) in [5.74, 6) is 0. The van der Waals surface area contributed by atoms with Crippen molar-refractivity contribution in [1.82, 2.24) is 4.57 Å². The average molecular weight is 1310 g/mol. The van der Waals surface area contributed by atoms with Gasteiger partial charge in [-0.3, -0.25) is 0 Å². The molecule has 16 aromatic rings. The Hall–Kier alpha value is -11.2. The van der Waals surface area contributed by atoms with Crippen LogP contribution in [-0.4, -0.2) is 11.3 Å². The van der Waals surface area contributed by atoms with Gasteiger partial charge in [0.1, 0.15) is 0 Å². The van der Waals surface area contributed by atoms with E-state index >= 15 is 0 Å². The highest BCUT2D eigenvalue weighted by atomic mass is 15.2. The second kappa shape index (κ2) is 23.2. The van der Waals surface area contributed by atoms with E-state index in [4.69, 9.17) is 0 Å². The van der Waals surface area contributed by atoms with Crippen LogP contribution in [0.3, 0.4) is 0 Å². The Morgan fingerprint density at radius 3 is 1.03 bits per heavy atom. The molecule has 18 rings (SSSR count). The third-order valence-corrected chi connectivity index (χ3v) is 22.2. The minimum absolute atomic E-state index is 0.0254. The molecule has 494 valence electrons. The first-order valence-corrected chi connectivity index (χ1v) is 36.5. The minimum Gasteiger partial charge on any atom is -0.310 e. The molecule has 0 bridgehead atoms. The summed E-state index contributed by atoms with van der Waals surface area (Å²) in [6, 6.07) is 112. The van der Waals surface area contributed by atoms with E-state index in [0.717, 1.165) is 39.6 Å². The van der Waals surface area contributed by atoms with E-state index in [0.29, 0.717) is 0 Å². The number of anilines is 6. The highest BCUT2D eigenvalue weighted by molar-refractivity contribution is 7.00. The van der Waals surface area contributed by atoms with Gasteiger partial charge in [0.15, 0.2) is 0 Å². The van der Waals surface area contributed by atoms with E-state index in [1.54, 1.807) is 0 Å². The Morgan fingerprint density at radius 1 is 0.255 bits per heavy atom. The summed E-state index contributed by atoms with van der Waals surface area (Å²) in [7, 11) is 0. The van der Waals surface area contributed by atoms with E-state index in [1.165, 1.54) is 149 Å². The molecule has 0 fully saturated rings. The third kappa shape index (κ3) is 10.2. The van der Waals surface area contributed by atoms with E-state index in [-0.39, 0.29) is 28.4 Å². The van der Waals surface area contributed by atoms with Crippen molar-refractivity contribution in [3.63, 3.8) is 0 Å². The molecule has 4 heteroatoms. The molecule has 3 heterocycles. The van der Waals surface area contributed by atoms with Gasteiger partial charge in [-0.15, -0.1) is 0 Å².